The summed E-state index contributed by atoms with van der Waals surface area (Å²) in [5, 5.41) is 8.48. The predicted molar refractivity (Wildman–Crippen MR) is 109 cm³/mol. The quantitative estimate of drug-likeness (QED) is 0.253. The highest BCUT2D eigenvalue weighted by atomic mass is 16.5. The van der Waals surface area contributed by atoms with Crippen molar-refractivity contribution in [1.82, 2.24) is 0 Å². The molecule has 0 saturated heterocycles. The van der Waals surface area contributed by atoms with Crippen LogP contribution in [0.3, 0.4) is 0 Å². The highest BCUT2D eigenvalue weighted by molar-refractivity contribution is 5.66. The summed E-state index contributed by atoms with van der Waals surface area (Å²) in [6.07, 6.45) is 10.9. The molecule has 2 unspecified atom stereocenters. The summed E-state index contributed by atoms with van der Waals surface area (Å²) in [6.45, 7) is 13.5. The molecule has 0 bridgehead atoms. The molecule has 2 atom stereocenters. The molecule has 0 aliphatic carbocycles. The number of hydrogen-bond acceptors (Lipinski definition) is 3. The number of carboxylic acids is 1. The first-order valence-electron chi connectivity index (χ1n) is 9.68. The van der Waals surface area contributed by atoms with Crippen LogP contribution in [0.1, 0.15) is 80.1 Å². The number of aldehydes is 1. The number of carbonyl (C=O) groups is 2. The molecule has 0 amide bonds. The maximum Gasteiger partial charge on any atom is 0.303 e. The zero-order valence-corrected chi connectivity index (χ0v) is 17.7. The van der Waals surface area contributed by atoms with Crippen LogP contribution in [0, 0.1) is 11.8 Å². The van der Waals surface area contributed by atoms with Crippen LogP contribution in [0.4, 0.5) is 0 Å². The minimum atomic E-state index is -0.695. The van der Waals surface area contributed by atoms with Crippen molar-refractivity contribution in [2.24, 2.45) is 11.8 Å². The summed E-state index contributed by atoms with van der Waals surface area (Å²) in [6, 6.07) is 0. The van der Waals surface area contributed by atoms with Crippen LogP contribution in [-0.2, 0) is 14.3 Å². The third-order valence-electron chi connectivity index (χ3n) is 3.89. The van der Waals surface area contributed by atoms with E-state index in [1.54, 1.807) is 0 Å². The van der Waals surface area contributed by atoms with Crippen molar-refractivity contribution >= 4 is 12.3 Å². The average Bonchev–Trinajstić information content (AvgIpc) is 2.50. The van der Waals surface area contributed by atoms with Crippen molar-refractivity contribution in [3.63, 3.8) is 0 Å². The molecule has 0 aromatic heterocycles. The van der Waals surface area contributed by atoms with Crippen LogP contribution in [0.2, 0.25) is 0 Å². The third-order valence-corrected chi connectivity index (χ3v) is 3.89. The zero-order chi connectivity index (χ0) is 20.4. The van der Waals surface area contributed by atoms with E-state index in [0.29, 0.717) is 12.5 Å². The van der Waals surface area contributed by atoms with Gasteiger partial charge in [-0.2, -0.15) is 0 Å². The van der Waals surface area contributed by atoms with E-state index in [4.69, 9.17) is 9.84 Å². The van der Waals surface area contributed by atoms with E-state index >= 15 is 0 Å². The monoisotopic (exact) mass is 368 g/mol. The zero-order valence-electron chi connectivity index (χ0n) is 17.7. The number of carbonyl (C=O) groups excluding carboxylic acids is 1. The van der Waals surface area contributed by atoms with Gasteiger partial charge in [-0.15, -0.1) is 0 Å². The van der Waals surface area contributed by atoms with E-state index in [9.17, 15) is 9.59 Å². The highest BCUT2D eigenvalue weighted by Gasteiger charge is 2.05. The van der Waals surface area contributed by atoms with Gasteiger partial charge in [-0.3, -0.25) is 4.79 Å². The van der Waals surface area contributed by atoms with Crippen molar-refractivity contribution in [2.75, 3.05) is 13.2 Å². The van der Waals surface area contributed by atoms with Gasteiger partial charge in [0.1, 0.15) is 12.9 Å². The van der Waals surface area contributed by atoms with Gasteiger partial charge in [0.25, 0.3) is 0 Å². The lowest BCUT2D eigenvalue weighted by atomic mass is 10.0. The predicted octanol–water partition coefficient (Wildman–Crippen LogP) is 5.82. The Labute approximate surface area is 160 Å². The largest absolute Gasteiger partial charge is 0.481 e. The topological polar surface area (TPSA) is 63.6 Å². The molecular weight excluding hydrogens is 328 g/mol. The van der Waals surface area contributed by atoms with Crippen LogP contribution in [0.25, 0.3) is 0 Å². The second-order valence-corrected chi connectivity index (χ2v) is 7.56. The van der Waals surface area contributed by atoms with Gasteiger partial charge < -0.3 is 14.6 Å². The number of ether oxygens (including phenoxy) is 1. The Morgan fingerprint density at radius 1 is 0.923 bits per heavy atom. The minimum absolute atomic E-state index is 0.237. The summed E-state index contributed by atoms with van der Waals surface area (Å²) < 4.78 is 5.10. The van der Waals surface area contributed by atoms with Gasteiger partial charge >= 0.3 is 5.97 Å². The normalized spacial score (nSPS) is 12.2. The Balaban J connectivity index is 0. The maximum absolute atomic E-state index is 10.3. The van der Waals surface area contributed by atoms with E-state index in [0.717, 1.165) is 32.0 Å². The first-order chi connectivity index (χ1) is 12.2. The van der Waals surface area contributed by atoms with Crippen LogP contribution < -0.4 is 0 Å². The molecule has 0 fully saturated rings. The number of carboxylic acid groups (broad SMARTS) is 1. The summed E-state index contributed by atoms with van der Waals surface area (Å²) in [5.41, 5.74) is 2.69. The van der Waals surface area contributed by atoms with Crippen molar-refractivity contribution in [2.45, 2.75) is 80.1 Å². The molecule has 1 N–H and O–H groups in total. The van der Waals surface area contributed by atoms with E-state index in [-0.39, 0.29) is 18.9 Å². The smallest absolute Gasteiger partial charge is 0.303 e. The van der Waals surface area contributed by atoms with Crippen LogP contribution in [0.15, 0.2) is 23.3 Å². The van der Waals surface area contributed by atoms with Crippen LogP contribution in [0.5, 0.6) is 0 Å². The van der Waals surface area contributed by atoms with Gasteiger partial charge in [0.05, 0.1) is 0 Å². The molecule has 26 heavy (non-hydrogen) atoms. The fraction of sp³-hybridized carbons (Fsp3) is 0.727. The second-order valence-electron chi connectivity index (χ2n) is 7.56. The molecule has 0 aromatic rings. The molecule has 152 valence electrons. The van der Waals surface area contributed by atoms with Gasteiger partial charge in [-0.1, -0.05) is 37.1 Å². The van der Waals surface area contributed by atoms with E-state index in [2.05, 4.69) is 46.8 Å². The molecule has 0 heterocycles. The Bertz CT molecular complexity index is 416. The first kappa shape index (κ1) is 26.8. The van der Waals surface area contributed by atoms with Crippen molar-refractivity contribution in [1.29, 1.82) is 0 Å². The molecule has 0 aromatic carbocycles. The average molecular weight is 369 g/mol. The summed E-state index contributed by atoms with van der Waals surface area (Å²) in [4.78, 5) is 20.3. The standard InChI is InChI=1S/C12H22O2.C10H18O2/c1-11(2)5-4-6-12(3)7-9-14-10-8-13;1-8(2)5-4-6-9(3)7-10(11)12/h5,8,12H,4,6-7,9-10H2,1-3H3;5,9H,4,6-7H2,1-3H3,(H,11,12). The second kappa shape index (κ2) is 18.4. The molecule has 0 radical (unpaired) electrons. The Hall–Kier alpha value is -1.42. The lowest BCUT2D eigenvalue weighted by Crippen LogP contribution is -2.03. The van der Waals surface area contributed by atoms with Gasteiger partial charge in [-0.05, 0) is 71.6 Å². The maximum atomic E-state index is 10.3. The molecule has 0 aliphatic rings. The molecular formula is C22H40O4. The number of hydrogen-bond donors (Lipinski definition) is 1. The SMILES string of the molecule is CC(C)=CCCC(C)CC(=O)O.CC(C)=CCCC(C)CCOCC=O. The summed E-state index contributed by atoms with van der Waals surface area (Å²) in [7, 11) is 0. The van der Waals surface area contributed by atoms with E-state index in [1.807, 2.05) is 6.92 Å². The number of rotatable bonds is 13. The van der Waals surface area contributed by atoms with Crippen LogP contribution in [-0.4, -0.2) is 30.6 Å². The third kappa shape index (κ3) is 24.8. The minimum Gasteiger partial charge on any atom is -0.481 e. The Kier molecular flexibility index (Phi) is 18.9. The molecule has 4 nitrogen and oxygen atoms in total. The van der Waals surface area contributed by atoms with Crippen molar-refractivity contribution in [3.8, 4) is 0 Å². The highest BCUT2D eigenvalue weighted by Crippen LogP contribution is 2.12. The van der Waals surface area contributed by atoms with Crippen molar-refractivity contribution in [3.05, 3.63) is 23.3 Å². The molecule has 0 spiro atoms. The summed E-state index contributed by atoms with van der Waals surface area (Å²) in [5.74, 6) is 0.273. The Morgan fingerprint density at radius 2 is 1.42 bits per heavy atom. The molecule has 4 heteroatoms. The van der Waals surface area contributed by atoms with Gasteiger partial charge in [0.15, 0.2) is 0 Å². The number of aliphatic carboxylic acids is 1. The van der Waals surface area contributed by atoms with Crippen LogP contribution >= 0.6 is 0 Å². The fourth-order valence-corrected chi connectivity index (χ4v) is 2.27. The van der Waals surface area contributed by atoms with Crippen molar-refractivity contribution < 1.29 is 19.4 Å². The molecule has 0 saturated carbocycles. The Morgan fingerprint density at radius 3 is 1.85 bits per heavy atom. The lowest BCUT2D eigenvalue weighted by Gasteiger charge is -2.09. The number of allylic oxidation sites excluding steroid dienone is 4. The van der Waals surface area contributed by atoms with E-state index in [1.165, 1.54) is 17.6 Å². The van der Waals surface area contributed by atoms with Gasteiger partial charge in [-0.25, -0.2) is 0 Å². The van der Waals surface area contributed by atoms with Gasteiger partial charge in [0.2, 0.25) is 0 Å². The molecule has 0 rings (SSSR count). The lowest BCUT2D eigenvalue weighted by molar-refractivity contribution is -0.138. The summed E-state index contributed by atoms with van der Waals surface area (Å²) >= 11 is 0. The first-order valence-corrected chi connectivity index (χ1v) is 9.68. The fourth-order valence-electron chi connectivity index (χ4n) is 2.27. The van der Waals surface area contributed by atoms with E-state index < -0.39 is 5.97 Å². The molecule has 0 aliphatic heterocycles. The van der Waals surface area contributed by atoms with Gasteiger partial charge in [0, 0.05) is 13.0 Å².